The van der Waals surface area contributed by atoms with E-state index in [1.807, 2.05) is 72.5 Å². The maximum absolute atomic E-state index is 13.7. The smallest absolute Gasteiger partial charge is 0.290 e. The zero-order valence-electron chi connectivity index (χ0n) is 18.3. The molecular weight excluding hydrogens is 388 g/mol. The molecule has 4 rings (SSSR count). The van der Waals surface area contributed by atoms with Gasteiger partial charge in [-0.2, -0.15) is 0 Å². The van der Waals surface area contributed by atoms with Gasteiger partial charge in [0, 0.05) is 30.6 Å². The summed E-state index contributed by atoms with van der Waals surface area (Å²) in [6.45, 7) is 7.05. The van der Waals surface area contributed by atoms with E-state index in [2.05, 4.69) is 19.0 Å². The highest BCUT2D eigenvalue weighted by molar-refractivity contribution is 6.06. The van der Waals surface area contributed by atoms with E-state index in [9.17, 15) is 10.0 Å². The number of rotatable bonds is 5. The summed E-state index contributed by atoms with van der Waals surface area (Å²) < 4.78 is 6.14. The molecule has 3 aromatic rings. The van der Waals surface area contributed by atoms with Gasteiger partial charge in [0.1, 0.15) is 5.76 Å². The normalized spacial score (nSPS) is 16.2. The first-order valence-corrected chi connectivity index (χ1v) is 10.6. The van der Waals surface area contributed by atoms with Crippen LogP contribution in [0.2, 0.25) is 0 Å². The third kappa shape index (κ3) is 4.41. The molecule has 0 fully saturated rings. The number of amides is 1. The van der Waals surface area contributed by atoms with Gasteiger partial charge in [0.25, 0.3) is 5.91 Å². The Balaban J connectivity index is 1.71. The van der Waals surface area contributed by atoms with E-state index in [0.717, 1.165) is 28.0 Å². The monoisotopic (exact) mass is 416 g/mol. The van der Waals surface area contributed by atoms with Gasteiger partial charge in [-0.25, -0.2) is 0 Å². The van der Waals surface area contributed by atoms with Crippen LogP contribution in [0.15, 0.2) is 70.2 Å². The number of benzene rings is 2. The second-order valence-electron chi connectivity index (χ2n) is 9.05. The highest BCUT2D eigenvalue weighted by atomic mass is 16.4. The summed E-state index contributed by atoms with van der Waals surface area (Å²) in [6, 6.07) is 19.9. The lowest BCUT2D eigenvalue weighted by Crippen LogP contribution is -2.30. The molecule has 160 valence electrons. The summed E-state index contributed by atoms with van der Waals surface area (Å²) in [5.74, 6) is 0.898. The minimum absolute atomic E-state index is 0.0903. The number of carbonyl (C=O) groups excluding carboxylic acids is 1. The zero-order valence-corrected chi connectivity index (χ0v) is 18.3. The van der Waals surface area contributed by atoms with Crippen LogP contribution >= 0.6 is 0 Å². The van der Waals surface area contributed by atoms with Gasteiger partial charge in [0.15, 0.2) is 5.76 Å². The maximum atomic E-state index is 13.7. The standard InChI is InChI=1S/C26H28N2O3/c1-18-23-21(27-30)14-26(2,3)15-22(23)31-24(18)25(29)28(16-19-10-6-4-7-11-19)17-20-12-8-5-9-13-20/h4-13,30H,14-17H2,1-3H3/b27-21-. The molecule has 0 bridgehead atoms. The van der Waals surface area contributed by atoms with Crippen molar-refractivity contribution in [3.63, 3.8) is 0 Å². The summed E-state index contributed by atoms with van der Waals surface area (Å²) in [4.78, 5) is 15.5. The number of carbonyl (C=O) groups is 1. The Morgan fingerprint density at radius 1 is 1.00 bits per heavy atom. The molecule has 31 heavy (non-hydrogen) atoms. The van der Waals surface area contributed by atoms with Crippen LogP contribution in [-0.2, 0) is 19.5 Å². The molecule has 0 saturated carbocycles. The number of hydrogen-bond donors (Lipinski definition) is 1. The Bertz CT molecular complexity index is 1060. The van der Waals surface area contributed by atoms with Crippen LogP contribution in [0.3, 0.4) is 0 Å². The van der Waals surface area contributed by atoms with E-state index < -0.39 is 0 Å². The van der Waals surface area contributed by atoms with Crippen LogP contribution in [0.5, 0.6) is 0 Å². The van der Waals surface area contributed by atoms with Crippen LogP contribution in [0.4, 0.5) is 0 Å². The lowest BCUT2D eigenvalue weighted by Gasteiger charge is -2.28. The lowest BCUT2D eigenvalue weighted by atomic mass is 9.75. The summed E-state index contributed by atoms with van der Waals surface area (Å²) in [7, 11) is 0. The maximum Gasteiger partial charge on any atom is 0.290 e. The predicted molar refractivity (Wildman–Crippen MR) is 120 cm³/mol. The third-order valence-corrected chi connectivity index (χ3v) is 5.83. The summed E-state index contributed by atoms with van der Waals surface area (Å²) in [5.41, 5.74) is 4.13. The summed E-state index contributed by atoms with van der Waals surface area (Å²) >= 11 is 0. The third-order valence-electron chi connectivity index (χ3n) is 5.83. The highest BCUT2D eigenvalue weighted by Gasteiger charge is 2.37. The fourth-order valence-electron chi connectivity index (χ4n) is 4.35. The van der Waals surface area contributed by atoms with Crippen molar-refractivity contribution < 1.29 is 14.4 Å². The van der Waals surface area contributed by atoms with E-state index in [4.69, 9.17) is 4.42 Å². The van der Waals surface area contributed by atoms with Gasteiger partial charge < -0.3 is 14.5 Å². The topological polar surface area (TPSA) is 66.0 Å². The minimum atomic E-state index is -0.158. The van der Waals surface area contributed by atoms with E-state index >= 15 is 0 Å². The van der Waals surface area contributed by atoms with Crippen molar-refractivity contribution in [1.82, 2.24) is 4.90 Å². The Morgan fingerprint density at radius 3 is 2.06 bits per heavy atom. The molecule has 1 aliphatic carbocycles. The number of furan rings is 1. The number of fused-ring (bicyclic) bond motifs is 1. The number of oxime groups is 1. The molecule has 2 aromatic carbocycles. The summed E-state index contributed by atoms with van der Waals surface area (Å²) in [5, 5.41) is 13.1. The first kappa shape index (κ1) is 20.9. The van der Waals surface area contributed by atoms with Crippen molar-refractivity contribution in [2.45, 2.75) is 46.7 Å². The molecule has 0 aliphatic heterocycles. The highest BCUT2D eigenvalue weighted by Crippen LogP contribution is 2.39. The molecule has 1 aliphatic rings. The van der Waals surface area contributed by atoms with Gasteiger partial charge in [0.05, 0.1) is 5.71 Å². The summed E-state index contributed by atoms with van der Waals surface area (Å²) in [6.07, 6.45) is 1.34. The molecule has 5 heteroatoms. The van der Waals surface area contributed by atoms with Crippen LogP contribution in [0.1, 0.15) is 58.8 Å². The van der Waals surface area contributed by atoms with Gasteiger partial charge in [-0.15, -0.1) is 0 Å². The molecule has 0 atom stereocenters. The fourth-order valence-corrected chi connectivity index (χ4v) is 4.35. The quantitative estimate of drug-likeness (QED) is 0.436. The van der Waals surface area contributed by atoms with Crippen LogP contribution in [0.25, 0.3) is 0 Å². The molecule has 5 nitrogen and oxygen atoms in total. The van der Waals surface area contributed by atoms with Crippen molar-refractivity contribution in [1.29, 1.82) is 0 Å². The molecule has 0 spiro atoms. The van der Waals surface area contributed by atoms with Crippen molar-refractivity contribution in [3.05, 3.63) is 94.4 Å². The number of hydrogen-bond acceptors (Lipinski definition) is 4. The van der Waals surface area contributed by atoms with Gasteiger partial charge in [0.2, 0.25) is 0 Å². The second kappa shape index (κ2) is 8.42. The molecule has 1 N–H and O–H groups in total. The van der Waals surface area contributed by atoms with Gasteiger partial charge in [-0.1, -0.05) is 79.7 Å². The second-order valence-corrected chi connectivity index (χ2v) is 9.05. The first-order chi connectivity index (χ1) is 14.9. The van der Waals surface area contributed by atoms with E-state index in [1.165, 1.54) is 0 Å². The van der Waals surface area contributed by atoms with Crippen LogP contribution in [0, 0.1) is 12.3 Å². The van der Waals surface area contributed by atoms with Gasteiger partial charge in [-0.3, -0.25) is 4.79 Å². The molecular formula is C26H28N2O3. The number of nitrogens with zero attached hydrogens (tertiary/aromatic N) is 2. The first-order valence-electron chi connectivity index (χ1n) is 10.6. The Hall–Kier alpha value is -3.34. The molecule has 1 heterocycles. The van der Waals surface area contributed by atoms with Crippen molar-refractivity contribution in [3.8, 4) is 0 Å². The van der Waals surface area contributed by atoms with E-state index in [1.54, 1.807) is 0 Å². The predicted octanol–water partition coefficient (Wildman–Crippen LogP) is 5.58. The molecule has 0 radical (unpaired) electrons. The SMILES string of the molecule is Cc1c(C(=O)N(Cc2ccccc2)Cc2ccccc2)oc2c1/C(=N\O)CC(C)(C)C2. The fraction of sp³-hybridized carbons (Fsp3) is 0.308. The van der Waals surface area contributed by atoms with Gasteiger partial charge in [-0.05, 0) is 29.9 Å². The van der Waals surface area contributed by atoms with E-state index in [0.29, 0.717) is 37.4 Å². The zero-order chi connectivity index (χ0) is 22.0. The van der Waals surface area contributed by atoms with Crippen LogP contribution < -0.4 is 0 Å². The molecule has 0 saturated heterocycles. The van der Waals surface area contributed by atoms with Crippen molar-refractivity contribution >= 4 is 11.6 Å². The Kier molecular flexibility index (Phi) is 5.68. The molecule has 0 unspecified atom stereocenters. The van der Waals surface area contributed by atoms with Gasteiger partial charge >= 0.3 is 0 Å². The van der Waals surface area contributed by atoms with Crippen LogP contribution in [-0.4, -0.2) is 21.7 Å². The van der Waals surface area contributed by atoms with Crippen molar-refractivity contribution in [2.24, 2.45) is 10.6 Å². The molecule has 1 aromatic heterocycles. The Morgan fingerprint density at radius 2 is 1.55 bits per heavy atom. The lowest BCUT2D eigenvalue weighted by molar-refractivity contribution is 0.0693. The van der Waals surface area contributed by atoms with E-state index in [-0.39, 0.29) is 11.3 Å². The Labute approximate surface area is 183 Å². The average molecular weight is 417 g/mol. The largest absolute Gasteiger partial charge is 0.455 e. The average Bonchev–Trinajstić information content (AvgIpc) is 3.08. The van der Waals surface area contributed by atoms with Crippen molar-refractivity contribution in [2.75, 3.05) is 0 Å². The minimum Gasteiger partial charge on any atom is -0.455 e. The molecule has 1 amide bonds.